The van der Waals surface area contributed by atoms with Crippen LogP contribution in [0.25, 0.3) is 11.4 Å². The van der Waals surface area contributed by atoms with Crippen LogP contribution in [0, 0.1) is 6.92 Å². The van der Waals surface area contributed by atoms with Crippen molar-refractivity contribution < 1.29 is 23.9 Å². The number of hydrogen-bond donors (Lipinski definition) is 2. The summed E-state index contributed by atoms with van der Waals surface area (Å²) < 4.78 is 11.5. The molecule has 0 radical (unpaired) electrons. The monoisotopic (exact) mass is 489 g/mol. The van der Waals surface area contributed by atoms with Gasteiger partial charge < -0.3 is 20.6 Å². The Morgan fingerprint density at radius 1 is 1.21 bits per heavy atom. The van der Waals surface area contributed by atoms with E-state index in [1.165, 1.54) is 11.6 Å². The van der Waals surface area contributed by atoms with E-state index in [1.54, 1.807) is 45.2 Å². The van der Waals surface area contributed by atoms with Crippen molar-refractivity contribution in [2.45, 2.75) is 25.9 Å². The number of nitrogens with zero attached hydrogens (tertiary/aromatic N) is 3. The molecule has 12 heteroatoms. The fraction of sp³-hybridized carbons (Fsp3) is 0.286. The van der Waals surface area contributed by atoms with Gasteiger partial charge in [0.1, 0.15) is 10.8 Å². The Balaban J connectivity index is 1.72. The van der Waals surface area contributed by atoms with Gasteiger partial charge >= 0.3 is 5.97 Å². The number of anilines is 1. The zero-order valence-corrected chi connectivity index (χ0v) is 20.1. The molecule has 0 atom stereocenters. The highest BCUT2D eigenvalue weighted by molar-refractivity contribution is 7.99. The molecule has 174 valence electrons. The van der Waals surface area contributed by atoms with E-state index in [9.17, 15) is 14.4 Å². The average molecular weight is 490 g/mol. The maximum atomic E-state index is 12.6. The molecule has 0 aliphatic heterocycles. The lowest BCUT2D eigenvalue weighted by molar-refractivity contribution is -0.113. The maximum Gasteiger partial charge on any atom is 0.341 e. The summed E-state index contributed by atoms with van der Waals surface area (Å²) in [7, 11) is 1.58. The van der Waals surface area contributed by atoms with Gasteiger partial charge in [-0.05, 0) is 50.6 Å². The predicted octanol–water partition coefficient (Wildman–Crippen LogP) is 3.15. The molecule has 0 saturated carbocycles. The average Bonchev–Trinajstić information content (AvgIpc) is 3.32. The normalized spacial score (nSPS) is 10.7. The van der Waals surface area contributed by atoms with E-state index in [4.69, 9.17) is 15.3 Å². The Hall–Kier alpha value is -3.38. The molecule has 33 heavy (non-hydrogen) atoms. The molecule has 3 rings (SSSR count). The number of methoxy groups -OCH3 is 1. The Kier molecular flexibility index (Phi) is 7.71. The van der Waals surface area contributed by atoms with Crippen molar-refractivity contribution in [3.63, 3.8) is 0 Å². The first-order chi connectivity index (χ1) is 15.8. The van der Waals surface area contributed by atoms with E-state index in [-0.39, 0.29) is 28.7 Å². The number of ether oxygens (including phenoxy) is 2. The van der Waals surface area contributed by atoms with Crippen LogP contribution in [0.2, 0.25) is 0 Å². The number of nitrogens with one attached hydrogen (secondary N) is 1. The van der Waals surface area contributed by atoms with E-state index in [2.05, 4.69) is 15.5 Å². The highest BCUT2D eigenvalue weighted by atomic mass is 32.2. The third-order valence-corrected chi connectivity index (χ3v) is 6.80. The van der Waals surface area contributed by atoms with Crippen LogP contribution >= 0.6 is 23.1 Å². The van der Waals surface area contributed by atoms with Crippen LogP contribution in [-0.4, -0.2) is 52.0 Å². The summed E-state index contributed by atoms with van der Waals surface area (Å²) in [5.41, 5.74) is 1.42. The van der Waals surface area contributed by atoms with Crippen molar-refractivity contribution in [1.29, 1.82) is 0 Å². The van der Waals surface area contributed by atoms with Gasteiger partial charge in [0, 0.05) is 5.56 Å². The number of nitrogen functional groups attached to an aromatic ring is 1. The Labute approximate surface area is 198 Å². The number of thiophene rings is 1. The summed E-state index contributed by atoms with van der Waals surface area (Å²) in [4.78, 5) is 37.3. The standard InChI is InChI=1S/C21H23N5O5S2/c1-5-31-20(29)16-11(2)17(12(3)27)33-19(16)23-15(28)10-32-21-25-24-18(26(21)22)13-6-8-14(30-4)9-7-13/h6-9H,5,10,22H2,1-4H3,(H,23,28). The van der Waals surface area contributed by atoms with Crippen molar-refractivity contribution in [3.05, 3.63) is 40.3 Å². The second-order valence-electron chi connectivity index (χ2n) is 6.78. The number of hydrogen-bond acceptors (Lipinski definition) is 10. The van der Waals surface area contributed by atoms with E-state index >= 15 is 0 Å². The van der Waals surface area contributed by atoms with E-state index in [0.717, 1.165) is 28.7 Å². The first-order valence-corrected chi connectivity index (χ1v) is 11.7. The molecule has 0 bridgehead atoms. The minimum Gasteiger partial charge on any atom is -0.497 e. The second-order valence-corrected chi connectivity index (χ2v) is 8.74. The quantitative estimate of drug-likeness (QED) is 0.201. The largest absolute Gasteiger partial charge is 0.497 e. The van der Waals surface area contributed by atoms with Gasteiger partial charge in [-0.1, -0.05) is 11.8 Å². The van der Waals surface area contributed by atoms with Gasteiger partial charge in [-0.25, -0.2) is 9.47 Å². The van der Waals surface area contributed by atoms with Gasteiger partial charge in [-0.2, -0.15) is 0 Å². The third kappa shape index (κ3) is 5.34. The molecule has 3 aromatic rings. The topological polar surface area (TPSA) is 138 Å². The number of carbonyl (C=O) groups is 3. The molecule has 2 aromatic heterocycles. The molecular weight excluding hydrogens is 466 g/mol. The first-order valence-electron chi connectivity index (χ1n) is 9.85. The van der Waals surface area contributed by atoms with Gasteiger partial charge in [0.2, 0.25) is 11.1 Å². The lowest BCUT2D eigenvalue weighted by Crippen LogP contribution is -2.18. The van der Waals surface area contributed by atoms with Gasteiger partial charge in [-0.3, -0.25) is 9.59 Å². The zero-order valence-electron chi connectivity index (χ0n) is 18.5. The minimum absolute atomic E-state index is 0.0352. The number of benzene rings is 1. The smallest absolute Gasteiger partial charge is 0.341 e. The number of ketones is 1. The Morgan fingerprint density at radius 2 is 1.91 bits per heavy atom. The minimum atomic E-state index is -0.590. The molecule has 1 aromatic carbocycles. The molecule has 0 saturated heterocycles. The van der Waals surface area contributed by atoms with Crippen LogP contribution in [-0.2, 0) is 9.53 Å². The number of nitrogens with two attached hydrogens (primary N) is 1. The lowest BCUT2D eigenvalue weighted by atomic mass is 10.1. The molecule has 3 N–H and O–H groups in total. The van der Waals surface area contributed by atoms with E-state index < -0.39 is 11.9 Å². The molecule has 0 aliphatic rings. The van der Waals surface area contributed by atoms with E-state index in [0.29, 0.717) is 27.2 Å². The van der Waals surface area contributed by atoms with Gasteiger partial charge in [-0.15, -0.1) is 21.5 Å². The zero-order chi connectivity index (χ0) is 24.1. The summed E-state index contributed by atoms with van der Waals surface area (Å²) >= 11 is 2.13. The van der Waals surface area contributed by atoms with Crippen LogP contribution in [0.15, 0.2) is 29.4 Å². The van der Waals surface area contributed by atoms with E-state index in [1.807, 2.05) is 0 Å². The summed E-state index contributed by atoms with van der Waals surface area (Å²) in [5.74, 6) is 6.03. The number of thioether (sulfide) groups is 1. The fourth-order valence-electron chi connectivity index (χ4n) is 2.99. The molecule has 2 heterocycles. The summed E-state index contributed by atoms with van der Waals surface area (Å²) in [6.07, 6.45) is 0. The maximum absolute atomic E-state index is 12.6. The van der Waals surface area contributed by atoms with Gasteiger partial charge in [0.05, 0.1) is 29.9 Å². The highest BCUT2D eigenvalue weighted by Crippen LogP contribution is 2.34. The number of esters is 1. The summed E-state index contributed by atoms with van der Waals surface area (Å²) in [6.45, 7) is 4.92. The van der Waals surface area contributed by atoms with Crippen LogP contribution in [0.4, 0.5) is 5.00 Å². The van der Waals surface area contributed by atoms with Crippen molar-refractivity contribution in [1.82, 2.24) is 14.9 Å². The van der Waals surface area contributed by atoms with Gasteiger partial charge in [0.15, 0.2) is 11.6 Å². The molecule has 10 nitrogen and oxygen atoms in total. The van der Waals surface area contributed by atoms with Crippen LogP contribution < -0.4 is 15.9 Å². The van der Waals surface area contributed by atoms with Crippen LogP contribution in [0.1, 0.15) is 39.4 Å². The predicted molar refractivity (Wildman–Crippen MR) is 127 cm³/mol. The number of Topliss-reactive ketones (excluding diaryl/α,β-unsaturated/α-hetero) is 1. The van der Waals surface area contributed by atoms with Crippen LogP contribution in [0.3, 0.4) is 0 Å². The molecular formula is C21H23N5O5S2. The first kappa shape index (κ1) is 24.3. The summed E-state index contributed by atoms with van der Waals surface area (Å²) in [5, 5.41) is 11.5. The molecule has 0 aliphatic carbocycles. The number of amides is 1. The second kappa shape index (κ2) is 10.5. The molecule has 0 unspecified atom stereocenters. The SMILES string of the molecule is CCOC(=O)c1c(NC(=O)CSc2nnc(-c3ccc(OC)cc3)n2N)sc(C(C)=O)c1C. The number of rotatable bonds is 9. The number of aromatic nitrogens is 3. The molecule has 0 spiro atoms. The van der Waals surface area contributed by atoms with Crippen molar-refractivity contribution in [2.24, 2.45) is 0 Å². The number of carbonyl (C=O) groups excluding carboxylic acids is 3. The molecule has 1 amide bonds. The lowest BCUT2D eigenvalue weighted by Gasteiger charge is -2.07. The Morgan fingerprint density at radius 3 is 2.52 bits per heavy atom. The molecule has 0 fully saturated rings. The highest BCUT2D eigenvalue weighted by Gasteiger charge is 2.25. The van der Waals surface area contributed by atoms with Crippen LogP contribution in [0.5, 0.6) is 5.75 Å². The summed E-state index contributed by atoms with van der Waals surface area (Å²) in [6, 6.07) is 7.17. The fourth-order valence-corrected chi connectivity index (χ4v) is 4.75. The van der Waals surface area contributed by atoms with Crippen molar-refractivity contribution >= 4 is 45.8 Å². The van der Waals surface area contributed by atoms with Crippen molar-refractivity contribution in [2.75, 3.05) is 30.6 Å². The third-order valence-electron chi connectivity index (χ3n) is 4.54. The van der Waals surface area contributed by atoms with Crippen molar-refractivity contribution in [3.8, 4) is 17.1 Å². The Bertz CT molecular complexity index is 1190. The van der Waals surface area contributed by atoms with Gasteiger partial charge in [0.25, 0.3) is 0 Å².